The molecule has 0 radical (unpaired) electrons. The monoisotopic (exact) mass is 863 g/mol. The van der Waals surface area contributed by atoms with Gasteiger partial charge in [0.15, 0.2) is 0 Å². The Hall–Kier alpha value is -8.02. The van der Waals surface area contributed by atoms with E-state index < -0.39 is 0 Å². The Morgan fingerprint density at radius 2 is 0.727 bits per heavy atom. The lowest BCUT2D eigenvalue weighted by Crippen LogP contribution is -2.11. The molecule has 66 heavy (non-hydrogen) atoms. The van der Waals surface area contributed by atoms with Crippen molar-refractivity contribution in [1.82, 2.24) is 0 Å². The fraction of sp³-hybridized carbons (Fsp3) is 0.0492. The fourth-order valence-corrected chi connectivity index (χ4v) is 10.1. The van der Waals surface area contributed by atoms with Crippen LogP contribution in [0.5, 0.6) is 0 Å². The third-order valence-electron chi connectivity index (χ3n) is 12.9. The Balaban J connectivity index is 1.16. The van der Waals surface area contributed by atoms with E-state index >= 15 is 0 Å². The smallest absolute Gasteiger partial charge is 0.123 e. The van der Waals surface area contributed by atoms with Crippen molar-refractivity contribution in [3.05, 3.63) is 258 Å². The molecule has 0 aliphatic carbocycles. The number of hydrogen-bond donors (Lipinski definition) is 0. The maximum Gasteiger partial charge on any atom is 0.123 e. The van der Waals surface area contributed by atoms with Gasteiger partial charge in [-0.15, -0.1) is 0 Å². The SMILES string of the molecule is Cc1cc(-c2c3ccccc3c(C(Cc3ccc(F)cc3)c3ccc(F)cc3)c3ccccc23)cc(-c2c3ccccc3c(N(c3ccc(F)cc3)c3ccc(F)cc3)c3ccccc23)c1. The van der Waals surface area contributed by atoms with E-state index in [0.29, 0.717) is 6.42 Å². The van der Waals surface area contributed by atoms with Crippen LogP contribution in [0, 0.1) is 30.2 Å². The summed E-state index contributed by atoms with van der Waals surface area (Å²) < 4.78 is 57.6. The van der Waals surface area contributed by atoms with Crippen molar-refractivity contribution in [1.29, 1.82) is 0 Å². The molecule has 0 bridgehead atoms. The minimum Gasteiger partial charge on any atom is -0.309 e. The molecule has 11 aromatic carbocycles. The number of benzene rings is 11. The van der Waals surface area contributed by atoms with Crippen molar-refractivity contribution in [3.8, 4) is 22.3 Å². The zero-order valence-corrected chi connectivity index (χ0v) is 36.0. The minimum absolute atomic E-state index is 0.173. The second-order valence-corrected chi connectivity index (χ2v) is 17.0. The lowest BCUT2D eigenvalue weighted by atomic mass is 9.78. The van der Waals surface area contributed by atoms with Crippen LogP contribution in [0.1, 0.15) is 28.2 Å². The Bertz CT molecular complexity index is 3440. The molecule has 0 aromatic heterocycles. The molecular formula is C61H41F4N. The van der Waals surface area contributed by atoms with E-state index in [0.717, 1.165) is 105 Å². The summed E-state index contributed by atoms with van der Waals surface area (Å²) in [4.78, 5) is 2.09. The van der Waals surface area contributed by atoms with E-state index in [1.54, 1.807) is 24.3 Å². The first-order valence-corrected chi connectivity index (χ1v) is 22.1. The van der Waals surface area contributed by atoms with Gasteiger partial charge in [0.25, 0.3) is 0 Å². The van der Waals surface area contributed by atoms with Gasteiger partial charge in [0, 0.05) is 28.1 Å². The van der Waals surface area contributed by atoms with Crippen molar-refractivity contribution in [3.63, 3.8) is 0 Å². The number of nitrogens with zero attached hydrogens (tertiary/aromatic N) is 1. The summed E-state index contributed by atoms with van der Waals surface area (Å²) in [5.74, 6) is -1.44. The van der Waals surface area contributed by atoms with Crippen LogP contribution < -0.4 is 4.90 Å². The van der Waals surface area contributed by atoms with Gasteiger partial charge in [-0.1, -0.05) is 133 Å². The first kappa shape index (κ1) is 40.7. The van der Waals surface area contributed by atoms with Gasteiger partial charge in [0.2, 0.25) is 0 Å². The molecule has 0 fully saturated rings. The molecule has 0 spiro atoms. The Morgan fingerprint density at radius 1 is 0.379 bits per heavy atom. The Morgan fingerprint density at radius 3 is 1.15 bits per heavy atom. The van der Waals surface area contributed by atoms with Crippen LogP contribution >= 0.6 is 0 Å². The summed E-state index contributed by atoms with van der Waals surface area (Å²) in [5, 5.41) is 8.39. The molecule has 0 saturated heterocycles. The maximum atomic E-state index is 14.5. The standard InChI is InChI=1S/C61H41F4N/c1-38-34-41(58-49-10-2-4-12-51(49)60(52-13-5-3-11-50(52)58)57(40-20-24-44(63)25-21-40)36-39-18-22-43(62)23-19-39)37-42(35-38)59-53-14-6-8-16-55(53)61(56-17-9-7-15-54(56)59)66(47-30-26-45(64)27-31-47)48-32-28-46(65)29-33-48/h2-35,37,57H,36H2,1H3. The molecule has 0 saturated carbocycles. The van der Waals surface area contributed by atoms with Crippen molar-refractivity contribution in [2.45, 2.75) is 19.3 Å². The number of halogens is 4. The van der Waals surface area contributed by atoms with Gasteiger partial charge in [-0.2, -0.15) is 0 Å². The molecule has 1 nitrogen and oxygen atoms in total. The van der Waals surface area contributed by atoms with E-state index in [1.165, 1.54) is 48.5 Å². The van der Waals surface area contributed by atoms with Crippen LogP contribution in [0.3, 0.4) is 0 Å². The average Bonchev–Trinajstić information content (AvgIpc) is 3.34. The number of rotatable bonds is 9. The maximum absolute atomic E-state index is 14.5. The molecule has 1 unspecified atom stereocenters. The molecule has 1 atom stereocenters. The van der Waals surface area contributed by atoms with Crippen molar-refractivity contribution in [2.24, 2.45) is 0 Å². The van der Waals surface area contributed by atoms with E-state index in [2.05, 4.69) is 115 Å². The third kappa shape index (κ3) is 7.33. The first-order valence-electron chi connectivity index (χ1n) is 22.1. The largest absolute Gasteiger partial charge is 0.309 e. The van der Waals surface area contributed by atoms with Gasteiger partial charge in [-0.25, -0.2) is 17.6 Å². The number of aryl methyl sites for hydroxylation is 1. The van der Waals surface area contributed by atoms with Crippen molar-refractivity contribution >= 4 is 60.2 Å². The number of fused-ring (bicyclic) bond motifs is 4. The van der Waals surface area contributed by atoms with Crippen molar-refractivity contribution in [2.75, 3.05) is 4.90 Å². The molecule has 318 valence electrons. The topological polar surface area (TPSA) is 3.24 Å². The van der Waals surface area contributed by atoms with Crippen LogP contribution in [0.15, 0.2) is 212 Å². The summed E-state index contributed by atoms with van der Waals surface area (Å²) in [6.45, 7) is 2.14. The Kier molecular flexibility index (Phi) is 10.4. The number of anilines is 3. The van der Waals surface area contributed by atoms with Gasteiger partial charge in [-0.3, -0.25) is 0 Å². The molecule has 11 aromatic rings. The van der Waals surface area contributed by atoms with E-state index in [4.69, 9.17) is 0 Å². The Labute approximate surface area is 380 Å². The van der Waals surface area contributed by atoms with E-state index in [1.807, 2.05) is 36.4 Å². The molecule has 0 aliphatic rings. The van der Waals surface area contributed by atoms with Crippen LogP contribution in [0.2, 0.25) is 0 Å². The highest BCUT2D eigenvalue weighted by Gasteiger charge is 2.26. The van der Waals surface area contributed by atoms with Crippen LogP contribution in [0.4, 0.5) is 34.6 Å². The quantitative estimate of drug-likeness (QED) is 0.103. The fourth-order valence-electron chi connectivity index (χ4n) is 10.1. The summed E-state index contributed by atoms with van der Waals surface area (Å²) >= 11 is 0. The van der Waals surface area contributed by atoms with E-state index in [9.17, 15) is 17.6 Å². The molecule has 0 heterocycles. The normalized spacial score (nSPS) is 12.0. The van der Waals surface area contributed by atoms with Gasteiger partial charge >= 0.3 is 0 Å². The average molecular weight is 864 g/mol. The zero-order chi connectivity index (χ0) is 44.9. The minimum atomic E-state index is -0.342. The van der Waals surface area contributed by atoms with E-state index in [-0.39, 0.29) is 29.2 Å². The molecule has 0 aliphatic heterocycles. The van der Waals surface area contributed by atoms with Crippen LogP contribution in [0.25, 0.3) is 65.3 Å². The lowest BCUT2D eigenvalue weighted by Gasteiger charge is -2.29. The van der Waals surface area contributed by atoms with Crippen LogP contribution in [-0.2, 0) is 6.42 Å². The zero-order valence-electron chi connectivity index (χ0n) is 36.0. The molecule has 5 heteroatoms. The molecule has 11 rings (SSSR count). The predicted molar refractivity (Wildman–Crippen MR) is 265 cm³/mol. The first-order chi connectivity index (χ1) is 32.3. The molecular weight excluding hydrogens is 823 g/mol. The molecule has 0 amide bonds. The molecule has 0 N–H and O–H groups in total. The van der Waals surface area contributed by atoms with Gasteiger partial charge in [0.05, 0.1) is 5.69 Å². The van der Waals surface area contributed by atoms with Crippen molar-refractivity contribution < 1.29 is 17.6 Å². The summed E-state index contributed by atoms with van der Waals surface area (Å²) in [6.07, 6.45) is 0.587. The second-order valence-electron chi connectivity index (χ2n) is 17.0. The van der Waals surface area contributed by atoms with Gasteiger partial charge in [-0.05, 0) is 169 Å². The summed E-state index contributed by atoms with van der Waals surface area (Å²) in [7, 11) is 0. The highest BCUT2D eigenvalue weighted by Crippen LogP contribution is 2.50. The highest BCUT2D eigenvalue weighted by molar-refractivity contribution is 6.23. The van der Waals surface area contributed by atoms with Gasteiger partial charge in [0.1, 0.15) is 23.3 Å². The highest BCUT2D eigenvalue weighted by atomic mass is 19.1. The summed E-state index contributed by atoms with van der Waals surface area (Å²) in [5.41, 5.74) is 10.9. The predicted octanol–water partition coefficient (Wildman–Crippen LogP) is 17.3. The third-order valence-corrected chi connectivity index (χ3v) is 12.9. The number of hydrogen-bond acceptors (Lipinski definition) is 1. The summed E-state index contributed by atoms with van der Waals surface area (Å²) in [6, 6.07) is 66.9. The van der Waals surface area contributed by atoms with Crippen LogP contribution in [-0.4, -0.2) is 0 Å². The second kappa shape index (κ2) is 16.8. The lowest BCUT2D eigenvalue weighted by molar-refractivity contribution is 0.624. The van der Waals surface area contributed by atoms with Gasteiger partial charge < -0.3 is 4.90 Å².